The lowest BCUT2D eigenvalue weighted by atomic mass is 10.0. The summed E-state index contributed by atoms with van der Waals surface area (Å²) in [5.74, 6) is -1.78. The molecule has 2 aromatic carbocycles. The molecule has 0 aliphatic rings. The van der Waals surface area contributed by atoms with E-state index in [2.05, 4.69) is 38.7 Å². The number of benzene rings is 2. The number of H-pyrrole nitrogens is 1. The molecule has 2 aromatic heterocycles. The van der Waals surface area contributed by atoms with Gasteiger partial charge in [0.25, 0.3) is 11.3 Å². The van der Waals surface area contributed by atoms with E-state index in [0.29, 0.717) is 23.0 Å². The van der Waals surface area contributed by atoms with Gasteiger partial charge in [0, 0.05) is 30.9 Å². The van der Waals surface area contributed by atoms with E-state index in [1.54, 1.807) is 6.92 Å². The number of aromatic nitrogens is 4. The van der Waals surface area contributed by atoms with Crippen LogP contribution in [0.1, 0.15) is 29.3 Å². The highest BCUT2D eigenvalue weighted by Gasteiger charge is 2.23. The van der Waals surface area contributed by atoms with E-state index in [1.807, 2.05) is 18.2 Å². The number of aliphatic hydroxyl groups is 1. The lowest BCUT2D eigenvalue weighted by Crippen LogP contribution is -2.49. The molecule has 206 valence electrons. The van der Waals surface area contributed by atoms with Crippen LogP contribution in [0, 0.1) is 18.6 Å². The first-order chi connectivity index (χ1) is 18.7. The monoisotopic (exact) mass is 556 g/mol. The van der Waals surface area contributed by atoms with Gasteiger partial charge in [-0.3, -0.25) is 14.7 Å². The number of carbonyl (C=O) groups excluding carboxylic acids is 1. The Kier molecular flexibility index (Phi) is 9.44. The van der Waals surface area contributed by atoms with Crippen molar-refractivity contribution in [2.75, 3.05) is 12.3 Å². The molecular formula is C27H30F2N6O3S. The molecule has 0 aliphatic carbocycles. The van der Waals surface area contributed by atoms with Crippen LogP contribution in [0.2, 0.25) is 0 Å². The number of carbonyl (C=O) groups is 1. The van der Waals surface area contributed by atoms with E-state index in [1.165, 1.54) is 28.3 Å². The van der Waals surface area contributed by atoms with Crippen molar-refractivity contribution in [3.05, 3.63) is 92.9 Å². The fourth-order valence-corrected chi connectivity index (χ4v) is 4.81. The Labute approximate surface area is 228 Å². The molecule has 4 N–H and O–H groups in total. The van der Waals surface area contributed by atoms with Crippen molar-refractivity contribution in [1.82, 2.24) is 30.2 Å². The van der Waals surface area contributed by atoms with Crippen LogP contribution >= 0.6 is 11.8 Å². The third kappa shape index (κ3) is 7.94. The number of halogens is 2. The average Bonchev–Trinajstić information content (AvgIpc) is 3.30. The molecule has 4 rings (SSSR count). The van der Waals surface area contributed by atoms with E-state index in [0.717, 1.165) is 29.8 Å². The van der Waals surface area contributed by atoms with Crippen LogP contribution in [0.5, 0.6) is 0 Å². The predicted octanol–water partition coefficient (Wildman–Crippen LogP) is 2.54. The summed E-state index contributed by atoms with van der Waals surface area (Å²) in [6, 6.07) is 11.7. The van der Waals surface area contributed by atoms with Crippen LogP contribution in [0.3, 0.4) is 0 Å². The van der Waals surface area contributed by atoms with Crippen LogP contribution in [0.25, 0.3) is 5.78 Å². The first-order valence-electron chi connectivity index (χ1n) is 12.5. The van der Waals surface area contributed by atoms with Crippen molar-refractivity contribution < 1.29 is 18.7 Å². The SMILES string of the molecule is CCc1cccc(CNCC(O)C(Cc2cc(F)cc(F)c2)NC(=O)CSc2nc3nc(C)cc(=O)n3[nH]2)c1. The van der Waals surface area contributed by atoms with Crippen molar-refractivity contribution >= 4 is 23.4 Å². The molecule has 0 fully saturated rings. The van der Waals surface area contributed by atoms with Crippen molar-refractivity contribution in [2.45, 2.75) is 50.5 Å². The summed E-state index contributed by atoms with van der Waals surface area (Å²) in [4.78, 5) is 33.3. The number of aliphatic hydroxyl groups excluding tert-OH is 1. The number of nitrogens with one attached hydrogen (secondary N) is 3. The molecular weight excluding hydrogens is 526 g/mol. The number of hydrogen-bond acceptors (Lipinski definition) is 7. The molecule has 1 amide bonds. The average molecular weight is 557 g/mol. The van der Waals surface area contributed by atoms with Gasteiger partial charge in [0.1, 0.15) is 11.6 Å². The van der Waals surface area contributed by atoms with Crippen LogP contribution in [-0.4, -0.2) is 55.0 Å². The number of fused-ring (bicyclic) bond motifs is 1. The zero-order chi connectivity index (χ0) is 27.9. The van der Waals surface area contributed by atoms with E-state index in [9.17, 15) is 23.5 Å². The molecule has 39 heavy (non-hydrogen) atoms. The van der Waals surface area contributed by atoms with Gasteiger partial charge in [0.15, 0.2) is 5.16 Å². The van der Waals surface area contributed by atoms with E-state index < -0.39 is 29.7 Å². The van der Waals surface area contributed by atoms with Gasteiger partial charge in [0.2, 0.25) is 5.91 Å². The lowest BCUT2D eigenvalue weighted by Gasteiger charge is -2.25. The lowest BCUT2D eigenvalue weighted by molar-refractivity contribution is -0.120. The minimum atomic E-state index is -1.04. The van der Waals surface area contributed by atoms with Gasteiger partial charge in [-0.05, 0) is 48.6 Å². The topological polar surface area (TPSA) is 124 Å². The quantitative estimate of drug-likeness (QED) is 0.198. The molecule has 2 atom stereocenters. The zero-order valence-corrected chi connectivity index (χ0v) is 22.4. The van der Waals surface area contributed by atoms with Gasteiger partial charge in [-0.1, -0.05) is 43.0 Å². The van der Waals surface area contributed by atoms with Crippen LogP contribution in [0.4, 0.5) is 8.78 Å². The van der Waals surface area contributed by atoms with Gasteiger partial charge >= 0.3 is 0 Å². The highest BCUT2D eigenvalue weighted by Crippen LogP contribution is 2.15. The number of hydrogen-bond donors (Lipinski definition) is 4. The maximum atomic E-state index is 13.8. The molecule has 9 nitrogen and oxygen atoms in total. The van der Waals surface area contributed by atoms with Crippen molar-refractivity contribution in [1.29, 1.82) is 0 Å². The van der Waals surface area contributed by atoms with Crippen LogP contribution in [0.15, 0.2) is 58.5 Å². The molecule has 0 bridgehead atoms. The number of rotatable bonds is 12. The molecule has 12 heteroatoms. The minimum Gasteiger partial charge on any atom is -0.390 e. The van der Waals surface area contributed by atoms with Gasteiger partial charge in [-0.25, -0.2) is 13.8 Å². The summed E-state index contributed by atoms with van der Waals surface area (Å²) in [7, 11) is 0. The van der Waals surface area contributed by atoms with Gasteiger partial charge in [0.05, 0.1) is 17.9 Å². The summed E-state index contributed by atoms with van der Waals surface area (Å²) in [5, 5.41) is 20.0. The largest absolute Gasteiger partial charge is 0.390 e. The number of amides is 1. The van der Waals surface area contributed by atoms with Gasteiger partial charge in [-0.2, -0.15) is 9.50 Å². The molecule has 0 saturated carbocycles. The van der Waals surface area contributed by atoms with E-state index in [4.69, 9.17) is 0 Å². The standard InChI is InChI=1S/C27H30F2N6O3S/c1-3-17-5-4-6-18(8-17)13-30-14-23(36)22(11-19-9-20(28)12-21(29)10-19)32-24(37)15-39-27-33-26-31-16(2)7-25(38)35(26)34-27/h4-10,12,22-23,30,36H,3,11,13-15H2,1-2H3,(H,32,37)(H,31,33,34). The molecule has 0 radical (unpaired) electrons. The smallest absolute Gasteiger partial charge is 0.274 e. The molecule has 2 unspecified atom stereocenters. The summed E-state index contributed by atoms with van der Waals surface area (Å²) in [5.41, 5.74) is 2.77. The number of aryl methyl sites for hydroxylation is 2. The highest BCUT2D eigenvalue weighted by molar-refractivity contribution is 7.99. The van der Waals surface area contributed by atoms with Crippen molar-refractivity contribution in [2.24, 2.45) is 0 Å². The Hall–Kier alpha value is -3.61. The molecule has 2 heterocycles. The Bertz CT molecular complexity index is 1490. The summed E-state index contributed by atoms with van der Waals surface area (Å²) < 4.78 is 28.8. The number of nitrogens with zero attached hydrogens (tertiary/aromatic N) is 3. The molecule has 0 saturated heterocycles. The van der Waals surface area contributed by atoms with E-state index >= 15 is 0 Å². The first-order valence-corrected chi connectivity index (χ1v) is 13.5. The Balaban J connectivity index is 1.40. The second kappa shape index (κ2) is 13.0. The molecule has 0 aliphatic heterocycles. The van der Waals surface area contributed by atoms with E-state index in [-0.39, 0.29) is 30.1 Å². The third-order valence-electron chi connectivity index (χ3n) is 6.05. The first kappa shape index (κ1) is 28.4. The van der Waals surface area contributed by atoms with Gasteiger partial charge in [-0.15, -0.1) is 0 Å². The fourth-order valence-electron chi connectivity index (χ4n) is 4.15. The van der Waals surface area contributed by atoms with Crippen LogP contribution in [-0.2, 0) is 24.2 Å². The van der Waals surface area contributed by atoms with Gasteiger partial charge < -0.3 is 15.7 Å². The maximum Gasteiger partial charge on any atom is 0.274 e. The van der Waals surface area contributed by atoms with Crippen LogP contribution < -0.4 is 16.2 Å². The fraction of sp³-hybridized carbons (Fsp3) is 0.333. The number of aromatic amines is 1. The second-order valence-electron chi connectivity index (χ2n) is 9.22. The number of thioether (sulfide) groups is 1. The Morgan fingerprint density at radius 1 is 1.10 bits per heavy atom. The zero-order valence-electron chi connectivity index (χ0n) is 21.6. The molecule has 4 aromatic rings. The summed E-state index contributed by atoms with van der Waals surface area (Å²) in [6.45, 7) is 4.41. The second-order valence-corrected chi connectivity index (χ2v) is 10.2. The predicted molar refractivity (Wildman–Crippen MR) is 145 cm³/mol. The Morgan fingerprint density at radius 3 is 2.59 bits per heavy atom. The Morgan fingerprint density at radius 2 is 1.85 bits per heavy atom. The normalized spacial score (nSPS) is 12.9. The summed E-state index contributed by atoms with van der Waals surface area (Å²) in [6.07, 6.45) is -0.118. The maximum absolute atomic E-state index is 13.8. The van der Waals surface area contributed by atoms with Crippen molar-refractivity contribution in [3.63, 3.8) is 0 Å². The third-order valence-corrected chi connectivity index (χ3v) is 6.91. The minimum absolute atomic E-state index is 0.0164. The molecule has 0 spiro atoms. The summed E-state index contributed by atoms with van der Waals surface area (Å²) >= 11 is 1.06. The highest BCUT2D eigenvalue weighted by atomic mass is 32.2. The van der Waals surface area contributed by atoms with Crippen molar-refractivity contribution in [3.8, 4) is 0 Å².